The third-order valence-electron chi connectivity index (χ3n) is 4.32. The second-order valence-corrected chi connectivity index (χ2v) is 6.83. The van der Waals surface area contributed by atoms with Crippen LogP contribution in [0.5, 0.6) is 0 Å². The molecule has 0 N–H and O–H groups in total. The van der Waals surface area contributed by atoms with Gasteiger partial charge in [0, 0.05) is 25.0 Å². The van der Waals surface area contributed by atoms with E-state index in [0.717, 1.165) is 6.20 Å². The second kappa shape index (κ2) is 6.78. The molecule has 134 valence electrons. The van der Waals surface area contributed by atoms with Crippen molar-refractivity contribution in [2.24, 2.45) is 5.92 Å². The molecule has 0 radical (unpaired) electrons. The van der Waals surface area contributed by atoms with Crippen molar-refractivity contribution >= 4 is 21.9 Å². The number of alkyl halides is 2. The van der Waals surface area contributed by atoms with Crippen molar-refractivity contribution in [1.82, 2.24) is 14.8 Å². The molecule has 2 aromatic heterocycles. The summed E-state index contributed by atoms with van der Waals surface area (Å²) < 4.78 is 47.5. The van der Waals surface area contributed by atoms with E-state index in [1.165, 1.54) is 23.9 Å². The van der Waals surface area contributed by atoms with E-state index in [2.05, 4.69) is 26.0 Å². The monoisotopic (exact) mass is 417 g/mol. The van der Waals surface area contributed by atoms with Crippen LogP contribution in [-0.4, -0.2) is 33.8 Å². The van der Waals surface area contributed by atoms with E-state index < -0.39 is 36.0 Å². The molecular formula is C16H15BrF3N3O2. The van der Waals surface area contributed by atoms with Gasteiger partial charge in [-0.15, -0.1) is 0 Å². The maximum Gasteiger partial charge on any atom is 0.309 e. The molecule has 2 atom stereocenters. The van der Waals surface area contributed by atoms with Gasteiger partial charge in [0.2, 0.25) is 5.92 Å². The van der Waals surface area contributed by atoms with Crippen molar-refractivity contribution in [2.75, 3.05) is 7.11 Å². The smallest absolute Gasteiger partial charge is 0.309 e. The first-order valence-corrected chi connectivity index (χ1v) is 8.42. The topological polar surface area (TPSA) is 57.0 Å². The van der Waals surface area contributed by atoms with E-state index in [9.17, 15) is 18.0 Å². The van der Waals surface area contributed by atoms with Crippen LogP contribution in [-0.2, 0) is 9.53 Å². The fraction of sp³-hybridized carbons (Fsp3) is 0.438. The Bertz CT molecular complexity index is 779. The number of halogens is 4. The number of rotatable bonds is 3. The Hall–Kier alpha value is -1.90. The second-order valence-electron chi connectivity index (χ2n) is 5.98. The number of pyridine rings is 1. The molecule has 3 rings (SSSR count). The molecule has 0 unspecified atom stereocenters. The highest BCUT2D eigenvalue weighted by molar-refractivity contribution is 9.10. The SMILES string of the molecule is COC(=O)[C@@H]1CCC(F)(F)C[C@H]1c1nn(-c2ccc(F)cn2)cc1Br. The standard InChI is InChI=1S/C16H15BrF3N3O2/c1-25-15(24)10-4-5-16(19,20)6-11(10)14-12(17)8-23(22-14)13-3-2-9(18)7-21-13/h2-3,7-8,10-11H,4-6H2,1H3/t10-,11-/m1/s1. The maximum absolute atomic E-state index is 13.9. The van der Waals surface area contributed by atoms with E-state index in [4.69, 9.17) is 4.74 Å². The Labute approximate surface area is 150 Å². The quantitative estimate of drug-likeness (QED) is 0.711. The normalized spacial score (nSPS) is 22.6. The van der Waals surface area contributed by atoms with Gasteiger partial charge in [0.25, 0.3) is 0 Å². The average molecular weight is 418 g/mol. The molecule has 0 bridgehead atoms. The lowest BCUT2D eigenvalue weighted by molar-refractivity contribution is -0.151. The molecule has 2 aromatic rings. The zero-order valence-electron chi connectivity index (χ0n) is 13.3. The fourth-order valence-electron chi connectivity index (χ4n) is 3.09. The van der Waals surface area contributed by atoms with Gasteiger partial charge < -0.3 is 4.74 Å². The van der Waals surface area contributed by atoms with E-state index in [1.54, 1.807) is 6.20 Å². The summed E-state index contributed by atoms with van der Waals surface area (Å²) in [5, 5.41) is 4.31. The lowest BCUT2D eigenvalue weighted by Crippen LogP contribution is -2.36. The predicted molar refractivity (Wildman–Crippen MR) is 86.1 cm³/mol. The minimum absolute atomic E-state index is 0.0262. The summed E-state index contributed by atoms with van der Waals surface area (Å²) in [4.78, 5) is 15.9. The summed E-state index contributed by atoms with van der Waals surface area (Å²) in [6, 6.07) is 2.65. The van der Waals surface area contributed by atoms with E-state index in [-0.39, 0.29) is 12.8 Å². The Morgan fingerprint density at radius 2 is 2.20 bits per heavy atom. The minimum atomic E-state index is -2.87. The summed E-state index contributed by atoms with van der Waals surface area (Å²) in [5.74, 6) is -5.02. The van der Waals surface area contributed by atoms with Crippen LogP contribution in [0.4, 0.5) is 13.2 Å². The Morgan fingerprint density at radius 1 is 1.44 bits per heavy atom. The number of hydrogen-bond acceptors (Lipinski definition) is 4. The number of methoxy groups -OCH3 is 1. The van der Waals surface area contributed by atoms with Gasteiger partial charge in [-0.25, -0.2) is 22.8 Å². The number of esters is 1. The molecular weight excluding hydrogens is 403 g/mol. The summed E-state index contributed by atoms with van der Waals surface area (Å²) in [5.41, 5.74) is 0.334. The zero-order valence-corrected chi connectivity index (χ0v) is 14.8. The van der Waals surface area contributed by atoms with Gasteiger partial charge in [-0.05, 0) is 34.5 Å². The lowest BCUT2D eigenvalue weighted by Gasteiger charge is -2.33. The third kappa shape index (κ3) is 3.70. The van der Waals surface area contributed by atoms with Gasteiger partial charge in [0.1, 0.15) is 5.82 Å². The number of aromatic nitrogens is 3. The van der Waals surface area contributed by atoms with Crippen LogP contribution < -0.4 is 0 Å². The molecule has 0 spiro atoms. The summed E-state index contributed by atoms with van der Waals surface area (Å²) in [7, 11) is 1.24. The van der Waals surface area contributed by atoms with Gasteiger partial charge >= 0.3 is 5.97 Å². The van der Waals surface area contributed by atoms with Crippen LogP contribution in [0.2, 0.25) is 0 Å². The van der Waals surface area contributed by atoms with Crippen LogP contribution in [0.3, 0.4) is 0 Å². The largest absolute Gasteiger partial charge is 0.469 e. The molecule has 0 aromatic carbocycles. The molecule has 9 heteroatoms. The predicted octanol–water partition coefficient (Wildman–Crippen LogP) is 3.86. The lowest BCUT2D eigenvalue weighted by atomic mass is 9.75. The summed E-state index contributed by atoms with van der Waals surface area (Å²) in [6.07, 6.45) is 1.77. The van der Waals surface area contributed by atoms with Gasteiger partial charge in [-0.3, -0.25) is 4.79 Å². The summed E-state index contributed by atoms with van der Waals surface area (Å²) >= 11 is 3.32. The first-order chi connectivity index (χ1) is 11.8. The van der Waals surface area contributed by atoms with Crippen LogP contribution >= 0.6 is 15.9 Å². The number of carbonyl (C=O) groups excluding carboxylic acids is 1. The highest BCUT2D eigenvalue weighted by Gasteiger charge is 2.46. The molecule has 1 aliphatic rings. The van der Waals surface area contributed by atoms with E-state index in [1.807, 2.05) is 0 Å². The van der Waals surface area contributed by atoms with Crippen molar-refractivity contribution in [1.29, 1.82) is 0 Å². The summed E-state index contributed by atoms with van der Waals surface area (Å²) in [6.45, 7) is 0. The first-order valence-electron chi connectivity index (χ1n) is 7.63. The van der Waals surface area contributed by atoms with Crippen molar-refractivity contribution < 1.29 is 22.7 Å². The van der Waals surface area contributed by atoms with E-state index >= 15 is 0 Å². The first kappa shape index (κ1) is 17.9. The molecule has 2 heterocycles. The van der Waals surface area contributed by atoms with Gasteiger partial charge in [0.15, 0.2) is 5.82 Å². The fourth-order valence-corrected chi connectivity index (χ4v) is 3.66. The van der Waals surface area contributed by atoms with Crippen molar-refractivity contribution in [3.8, 4) is 5.82 Å². The van der Waals surface area contributed by atoms with Crippen molar-refractivity contribution in [3.63, 3.8) is 0 Å². The molecule has 0 amide bonds. The molecule has 1 fully saturated rings. The number of carbonyl (C=O) groups is 1. The van der Waals surface area contributed by atoms with Crippen molar-refractivity contribution in [2.45, 2.75) is 31.1 Å². The number of nitrogens with zero attached hydrogens (tertiary/aromatic N) is 3. The molecule has 5 nitrogen and oxygen atoms in total. The molecule has 25 heavy (non-hydrogen) atoms. The molecule has 0 saturated heterocycles. The van der Waals surface area contributed by atoms with Crippen molar-refractivity contribution in [3.05, 3.63) is 40.5 Å². The van der Waals surface area contributed by atoms with Gasteiger partial charge in [-0.2, -0.15) is 5.10 Å². The van der Waals surface area contributed by atoms with Gasteiger partial charge in [0.05, 0.1) is 29.4 Å². The van der Waals surface area contributed by atoms with Gasteiger partial charge in [-0.1, -0.05) is 0 Å². The Balaban J connectivity index is 1.97. The maximum atomic E-state index is 13.9. The number of ether oxygens (including phenoxy) is 1. The Kier molecular flexibility index (Phi) is 4.86. The third-order valence-corrected chi connectivity index (χ3v) is 4.93. The number of hydrogen-bond donors (Lipinski definition) is 0. The zero-order chi connectivity index (χ0) is 18.2. The molecule has 1 aliphatic carbocycles. The van der Waals surface area contributed by atoms with Crippen LogP contribution in [0.1, 0.15) is 30.9 Å². The van der Waals surface area contributed by atoms with Crippen LogP contribution in [0, 0.1) is 11.7 Å². The Morgan fingerprint density at radius 3 is 2.84 bits per heavy atom. The van der Waals surface area contributed by atoms with Crippen LogP contribution in [0.15, 0.2) is 29.0 Å². The average Bonchev–Trinajstić information content (AvgIpc) is 2.95. The highest BCUT2D eigenvalue weighted by atomic mass is 79.9. The minimum Gasteiger partial charge on any atom is -0.469 e. The van der Waals surface area contributed by atoms with Crippen LogP contribution in [0.25, 0.3) is 5.82 Å². The highest BCUT2D eigenvalue weighted by Crippen LogP contribution is 2.46. The van der Waals surface area contributed by atoms with E-state index in [0.29, 0.717) is 16.0 Å². The molecule has 1 saturated carbocycles. The molecule has 0 aliphatic heterocycles.